The smallest absolute Gasteiger partial charge is 0.345 e. The molecule has 0 saturated carbocycles. The van der Waals surface area contributed by atoms with Crippen LogP contribution in [0, 0.1) is 0 Å². The second-order valence-electron chi connectivity index (χ2n) is 8.71. The molecular formula is C31H19NO4. The molecule has 0 atom stereocenters. The predicted octanol–water partition coefficient (Wildman–Crippen LogP) is 7.58. The Morgan fingerprint density at radius 2 is 1.44 bits per heavy atom. The van der Waals surface area contributed by atoms with Gasteiger partial charge in [0.05, 0.1) is 18.4 Å². The van der Waals surface area contributed by atoms with Crippen molar-refractivity contribution in [2.75, 3.05) is 7.11 Å². The van der Waals surface area contributed by atoms with Crippen LogP contribution in [-0.2, 0) is 0 Å². The topological polar surface area (TPSA) is 65.5 Å². The highest BCUT2D eigenvalue weighted by molar-refractivity contribution is 6.09. The van der Waals surface area contributed by atoms with Crippen LogP contribution in [0.15, 0.2) is 111 Å². The van der Waals surface area contributed by atoms with Gasteiger partial charge in [0.2, 0.25) is 0 Å². The number of benzene rings is 4. The molecule has 0 amide bonds. The number of pyridine rings is 1. The van der Waals surface area contributed by atoms with E-state index in [0.717, 1.165) is 44.0 Å². The van der Waals surface area contributed by atoms with Crippen LogP contribution in [0.4, 0.5) is 0 Å². The fourth-order valence-electron chi connectivity index (χ4n) is 4.85. The van der Waals surface area contributed by atoms with Crippen molar-refractivity contribution in [3.05, 3.63) is 107 Å². The van der Waals surface area contributed by atoms with Crippen LogP contribution >= 0.6 is 0 Å². The van der Waals surface area contributed by atoms with E-state index >= 15 is 0 Å². The van der Waals surface area contributed by atoms with E-state index in [2.05, 4.69) is 0 Å². The molecule has 3 heterocycles. The highest BCUT2D eigenvalue weighted by Crippen LogP contribution is 2.38. The number of ether oxygens (including phenoxy) is 1. The summed E-state index contributed by atoms with van der Waals surface area (Å²) in [6.45, 7) is 0. The molecule has 0 aliphatic carbocycles. The lowest BCUT2D eigenvalue weighted by molar-refractivity contribution is 0.415. The highest BCUT2D eigenvalue weighted by Gasteiger charge is 2.19. The van der Waals surface area contributed by atoms with Gasteiger partial charge in [-0.3, -0.25) is 0 Å². The molecule has 5 nitrogen and oxygen atoms in total. The first-order valence-electron chi connectivity index (χ1n) is 11.6. The molecule has 0 saturated heterocycles. The second kappa shape index (κ2) is 7.82. The Hall–Kier alpha value is -4.90. The van der Waals surface area contributed by atoms with E-state index in [1.165, 1.54) is 0 Å². The van der Waals surface area contributed by atoms with E-state index in [0.29, 0.717) is 27.9 Å². The Bertz CT molecular complexity index is 2000. The molecule has 0 aliphatic heterocycles. The van der Waals surface area contributed by atoms with Crippen LogP contribution in [0.2, 0.25) is 0 Å². The molecule has 0 radical (unpaired) electrons. The lowest BCUT2D eigenvalue weighted by Crippen LogP contribution is -2.04. The Balaban J connectivity index is 1.56. The van der Waals surface area contributed by atoms with Gasteiger partial charge in [-0.05, 0) is 58.8 Å². The minimum absolute atomic E-state index is 0.404. The molecule has 7 aromatic rings. The normalized spacial score (nSPS) is 11.6. The zero-order valence-corrected chi connectivity index (χ0v) is 19.3. The van der Waals surface area contributed by atoms with Crippen molar-refractivity contribution in [3.8, 4) is 28.1 Å². The Morgan fingerprint density at radius 1 is 0.694 bits per heavy atom. The molecule has 7 rings (SSSR count). The molecule has 0 fully saturated rings. The average Bonchev–Trinajstić information content (AvgIpc) is 3.31. The maximum absolute atomic E-state index is 13.2. The van der Waals surface area contributed by atoms with Gasteiger partial charge in [-0.25, -0.2) is 9.78 Å². The number of aromatic nitrogens is 1. The number of fused-ring (bicyclic) bond motifs is 6. The van der Waals surface area contributed by atoms with Crippen LogP contribution in [0.1, 0.15) is 0 Å². The lowest BCUT2D eigenvalue weighted by Gasteiger charge is -2.09. The van der Waals surface area contributed by atoms with E-state index in [1.807, 2.05) is 97.1 Å². The maximum Gasteiger partial charge on any atom is 0.345 e. The quantitative estimate of drug-likeness (QED) is 0.197. The fraction of sp³-hybridized carbons (Fsp3) is 0.0323. The number of hydrogen-bond donors (Lipinski definition) is 0. The van der Waals surface area contributed by atoms with E-state index in [-0.39, 0.29) is 0 Å². The minimum Gasteiger partial charge on any atom is -0.497 e. The van der Waals surface area contributed by atoms with Crippen molar-refractivity contribution in [3.63, 3.8) is 0 Å². The van der Waals surface area contributed by atoms with Gasteiger partial charge >= 0.3 is 5.63 Å². The van der Waals surface area contributed by atoms with Gasteiger partial charge in [0, 0.05) is 16.3 Å². The van der Waals surface area contributed by atoms with Crippen molar-refractivity contribution in [2.24, 2.45) is 0 Å². The van der Waals surface area contributed by atoms with Crippen molar-refractivity contribution >= 4 is 43.8 Å². The predicted molar refractivity (Wildman–Crippen MR) is 142 cm³/mol. The minimum atomic E-state index is -0.432. The van der Waals surface area contributed by atoms with Crippen LogP contribution in [0.5, 0.6) is 5.75 Å². The van der Waals surface area contributed by atoms with Crippen LogP contribution in [0.25, 0.3) is 66.2 Å². The second-order valence-corrected chi connectivity index (χ2v) is 8.71. The van der Waals surface area contributed by atoms with Crippen LogP contribution in [0.3, 0.4) is 0 Å². The molecule has 36 heavy (non-hydrogen) atoms. The van der Waals surface area contributed by atoms with Gasteiger partial charge in [-0.1, -0.05) is 54.6 Å². The Labute approximate surface area is 205 Å². The molecule has 0 spiro atoms. The largest absolute Gasteiger partial charge is 0.497 e. The molecule has 0 N–H and O–H groups in total. The van der Waals surface area contributed by atoms with Crippen LogP contribution < -0.4 is 10.4 Å². The molecule has 5 heteroatoms. The number of methoxy groups -OCH3 is 1. The summed E-state index contributed by atoms with van der Waals surface area (Å²) in [6.07, 6.45) is 0. The van der Waals surface area contributed by atoms with Crippen molar-refractivity contribution in [1.82, 2.24) is 4.98 Å². The highest BCUT2D eigenvalue weighted by atomic mass is 16.5. The molecule has 0 aliphatic rings. The average molecular weight is 469 g/mol. The van der Waals surface area contributed by atoms with E-state index in [1.54, 1.807) is 7.11 Å². The summed E-state index contributed by atoms with van der Waals surface area (Å²) in [5.41, 5.74) is 4.93. The Morgan fingerprint density at radius 3 is 2.28 bits per heavy atom. The molecular weight excluding hydrogens is 450 g/mol. The maximum atomic E-state index is 13.2. The van der Waals surface area contributed by atoms with Gasteiger partial charge < -0.3 is 13.6 Å². The third kappa shape index (κ3) is 3.10. The summed E-state index contributed by atoms with van der Waals surface area (Å²) < 4.78 is 17.4. The summed E-state index contributed by atoms with van der Waals surface area (Å²) in [6, 6.07) is 31.2. The van der Waals surface area contributed by atoms with E-state index in [9.17, 15) is 4.79 Å². The van der Waals surface area contributed by atoms with E-state index in [4.69, 9.17) is 18.6 Å². The molecule has 0 bridgehead atoms. The number of nitrogens with zero attached hydrogens (tertiary/aromatic N) is 1. The third-order valence-corrected chi connectivity index (χ3v) is 6.65. The summed E-state index contributed by atoms with van der Waals surface area (Å²) in [5, 5.41) is 3.85. The summed E-state index contributed by atoms with van der Waals surface area (Å²) >= 11 is 0. The number of rotatable bonds is 3. The third-order valence-electron chi connectivity index (χ3n) is 6.65. The lowest BCUT2D eigenvalue weighted by atomic mass is 10.0. The summed E-state index contributed by atoms with van der Waals surface area (Å²) in [5.74, 6) is 0.760. The monoisotopic (exact) mass is 469 g/mol. The number of para-hydroxylation sites is 1. The molecule has 0 unspecified atom stereocenters. The molecule has 4 aromatic carbocycles. The first-order chi connectivity index (χ1) is 17.7. The zero-order chi connectivity index (χ0) is 24.2. The summed E-state index contributed by atoms with van der Waals surface area (Å²) in [7, 11) is 1.64. The van der Waals surface area contributed by atoms with E-state index < -0.39 is 5.63 Å². The van der Waals surface area contributed by atoms with Gasteiger partial charge in [-0.15, -0.1) is 0 Å². The standard InChI is InChI=1S/C31H19NO4/c1-34-20-13-10-19(11-14-20)23-17-26(32-29-22-8-4-5-9-27(22)35-30(23)29)25-16-24-21-7-3-2-6-18(21)12-15-28(24)36-31(25)33/h2-17H,1H3. The summed E-state index contributed by atoms with van der Waals surface area (Å²) in [4.78, 5) is 18.1. The zero-order valence-electron chi connectivity index (χ0n) is 19.3. The van der Waals surface area contributed by atoms with Crippen molar-refractivity contribution in [1.29, 1.82) is 0 Å². The first-order valence-corrected chi connectivity index (χ1v) is 11.6. The fourth-order valence-corrected chi connectivity index (χ4v) is 4.85. The van der Waals surface area contributed by atoms with Crippen molar-refractivity contribution < 1.29 is 13.6 Å². The molecule has 3 aromatic heterocycles. The van der Waals surface area contributed by atoms with Gasteiger partial charge in [0.25, 0.3) is 0 Å². The SMILES string of the molecule is COc1ccc(-c2cc(-c3cc4c(ccc5ccccc54)oc3=O)nc3c2oc2ccccc23)cc1. The number of furan rings is 1. The van der Waals surface area contributed by atoms with Gasteiger partial charge in [-0.2, -0.15) is 0 Å². The van der Waals surface area contributed by atoms with Crippen LogP contribution in [-0.4, -0.2) is 12.1 Å². The van der Waals surface area contributed by atoms with Gasteiger partial charge in [0.1, 0.15) is 22.4 Å². The first kappa shape index (κ1) is 20.5. The molecule has 172 valence electrons. The van der Waals surface area contributed by atoms with Gasteiger partial charge in [0.15, 0.2) is 5.58 Å². The van der Waals surface area contributed by atoms with Crippen molar-refractivity contribution in [2.45, 2.75) is 0 Å². The Kier molecular flexibility index (Phi) is 4.45. The number of hydrogen-bond acceptors (Lipinski definition) is 5.